The van der Waals surface area contributed by atoms with Crippen LogP contribution in [0.3, 0.4) is 0 Å². The van der Waals surface area contributed by atoms with Crippen LogP contribution >= 0.6 is 12.4 Å². The van der Waals surface area contributed by atoms with E-state index in [1.54, 1.807) is 24.3 Å². The molecule has 1 aliphatic heterocycles. The van der Waals surface area contributed by atoms with E-state index in [-0.39, 0.29) is 36.2 Å². The molecule has 2 unspecified atom stereocenters. The number of amides is 1. The SMILES string of the molecule is CC1NCCCC1NC(=O)c1ccc(CS(N)(=O)=O)cc1.Cl. The molecule has 1 fully saturated rings. The Morgan fingerprint density at radius 1 is 1.36 bits per heavy atom. The molecule has 4 N–H and O–H groups in total. The third-order valence-corrected chi connectivity index (χ3v) is 4.40. The number of halogens is 1. The second kappa shape index (κ2) is 7.92. The van der Waals surface area contributed by atoms with Crippen LogP contribution in [0.2, 0.25) is 0 Å². The first-order valence-electron chi connectivity index (χ1n) is 6.99. The molecule has 0 aliphatic carbocycles. The van der Waals surface area contributed by atoms with Crippen LogP contribution in [-0.2, 0) is 15.8 Å². The smallest absolute Gasteiger partial charge is 0.251 e. The number of nitrogens with two attached hydrogens (primary N) is 1. The van der Waals surface area contributed by atoms with Gasteiger partial charge in [-0.15, -0.1) is 12.4 Å². The van der Waals surface area contributed by atoms with Gasteiger partial charge in [0.1, 0.15) is 0 Å². The minimum atomic E-state index is -3.55. The summed E-state index contributed by atoms with van der Waals surface area (Å²) in [7, 11) is -3.55. The molecule has 22 heavy (non-hydrogen) atoms. The normalized spacial score (nSPS) is 21.7. The molecule has 0 radical (unpaired) electrons. The lowest BCUT2D eigenvalue weighted by molar-refractivity contribution is 0.0920. The highest BCUT2D eigenvalue weighted by atomic mass is 35.5. The van der Waals surface area contributed by atoms with E-state index < -0.39 is 10.0 Å². The predicted molar refractivity (Wildman–Crippen MR) is 88.5 cm³/mol. The lowest BCUT2D eigenvalue weighted by Crippen LogP contribution is -2.51. The van der Waals surface area contributed by atoms with Crippen molar-refractivity contribution in [3.8, 4) is 0 Å². The van der Waals surface area contributed by atoms with Crippen LogP contribution in [0.1, 0.15) is 35.7 Å². The van der Waals surface area contributed by atoms with Gasteiger partial charge >= 0.3 is 0 Å². The maximum Gasteiger partial charge on any atom is 0.251 e. The number of hydrogen-bond acceptors (Lipinski definition) is 4. The Bertz CT molecular complexity index is 604. The van der Waals surface area contributed by atoms with Crippen LogP contribution in [0.25, 0.3) is 0 Å². The van der Waals surface area contributed by atoms with Gasteiger partial charge in [-0.05, 0) is 44.0 Å². The van der Waals surface area contributed by atoms with Gasteiger partial charge < -0.3 is 10.6 Å². The molecule has 2 rings (SSSR count). The molecule has 0 spiro atoms. The fraction of sp³-hybridized carbons (Fsp3) is 0.500. The Morgan fingerprint density at radius 2 is 2.00 bits per heavy atom. The van der Waals surface area contributed by atoms with Crippen LogP contribution in [0.15, 0.2) is 24.3 Å². The molecule has 1 saturated heterocycles. The number of sulfonamides is 1. The fourth-order valence-electron chi connectivity index (χ4n) is 2.48. The van der Waals surface area contributed by atoms with Crippen molar-refractivity contribution in [1.82, 2.24) is 10.6 Å². The van der Waals surface area contributed by atoms with Gasteiger partial charge in [-0.1, -0.05) is 12.1 Å². The zero-order valence-corrected chi connectivity index (χ0v) is 14.0. The van der Waals surface area contributed by atoms with E-state index in [1.165, 1.54) is 0 Å². The quantitative estimate of drug-likeness (QED) is 0.748. The maximum absolute atomic E-state index is 12.2. The van der Waals surface area contributed by atoms with Crippen LogP contribution in [0, 0.1) is 0 Å². The Labute approximate surface area is 137 Å². The number of rotatable bonds is 4. The topological polar surface area (TPSA) is 101 Å². The molecule has 1 amide bonds. The van der Waals surface area contributed by atoms with Crippen molar-refractivity contribution in [2.24, 2.45) is 5.14 Å². The van der Waals surface area contributed by atoms with Crippen LogP contribution in [0.4, 0.5) is 0 Å². The fourth-order valence-corrected chi connectivity index (χ4v) is 3.13. The van der Waals surface area contributed by atoms with E-state index in [0.29, 0.717) is 11.1 Å². The number of nitrogens with one attached hydrogen (secondary N) is 2. The van der Waals surface area contributed by atoms with Crippen molar-refractivity contribution >= 4 is 28.3 Å². The summed E-state index contributed by atoms with van der Waals surface area (Å²) in [4.78, 5) is 12.2. The molecule has 1 aromatic rings. The van der Waals surface area contributed by atoms with Crippen LogP contribution in [-0.4, -0.2) is 33.0 Å². The van der Waals surface area contributed by atoms with Crippen LogP contribution < -0.4 is 15.8 Å². The summed E-state index contributed by atoms with van der Waals surface area (Å²) in [6, 6.07) is 6.84. The summed E-state index contributed by atoms with van der Waals surface area (Å²) in [5, 5.41) is 11.3. The van der Waals surface area contributed by atoms with Gasteiger partial charge in [-0.25, -0.2) is 13.6 Å². The van der Waals surface area contributed by atoms with Crippen LogP contribution in [0.5, 0.6) is 0 Å². The average molecular weight is 348 g/mol. The Morgan fingerprint density at radius 3 is 2.55 bits per heavy atom. The number of carbonyl (C=O) groups excluding carboxylic acids is 1. The molecular formula is C14H22ClN3O3S. The lowest BCUT2D eigenvalue weighted by atomic mass is 9.99. The van der Waals surface area contributed by atoms with Gasteiger partial charge in [0.2, 0.25) is 10.0 Å². The second-order valence-corrected chi connectivity index (χ2v) is 7.08. The molecule has 0 aromatic heterocycles. The Kier molecular flexibility index (Phi) is 6.80. The molecule has 0 saturated carbocycles. The van der Waals surface area contributed by atoms with Crippen molar-refractivity contribution < 1.29 is 13.2 Å². The van der Waals surface area contributed by atoms with Crippen molar-refractivity contribution in [2.75, 3.05) is 6.54 Å². The van der Waals surface area contributed by atoms with Gasteiger partial charge in [0.05, 0.1) is 5.75 Å². The summed E-state index contributed by atoms with van der Waals surface area (Å²) in [5.41, 5.74) is 1.09. The summed E-state index contributed by atoms with van der Waals surface area (Å²) < 4.78 is 22.0. The summed E-state index contributed by atoms with van der Waals surface area (Å²) >= 11 is 0. The van der Waals surface area contributed by atoms with E-state index in [4.69, 9.17) is 5.14 Å². The Hall–Kier alpha value is -1.15. The van der Waals surface area contributed by atoms with Gasteiger partial charge in [0.25, 0.3) is 5.91 Å². The molecule has 8 heteroatoms. The molecular weight excluding hydrogens is 326 g/mol. The number of benzene rings is 1. The second-order valence-electron chi connectivity index (χ2n) is 5.47. The van der Waals surface area contributed by atoms with E-state index in [9.17, 15) is 13.2 Å². The van der Waals surface area contributed by atoms with E-state index >= 15 is 0 Å². The first-order chi connectivity index (χ1) is 9.85. The highest BCUT2D eigenvalue weighted by molar-refractivity contribution is 7.88. The van der Waals surface area contributed by atoms with Crippen molar-refractivity contribution in [1.29, 1.82) is 0 Å². The van der Waals surface area contributed by atoms with E-state index in [1.807, 2.05) is 0 Å². The minimum absolute atomic E-state index is 0. The Balaban J connectivity index is 0.00000242. The standard InChI is InChI=1S/C14H21N3O3S.ClH/c1-10-13(3-2-8-16-10)17-14(18)12-6-4-11(5-7-12)9-21(15,19)20;/h4-7,10,13,16H,2-3,8-9H2,1H3,(H,17,18)(H2,15,19,20);1H. The number of hydrogen-bond donors (Lipinski definition) is 3. The first-order valence-corrected chi connectivity index (χ1v) is 8.70. The number of primary sulfonamides is 1. The average Bonchev–Trinajstić information content (AvgIpc) is 2.40. The zero-order chi connectivity index (χ0) is 15.5. The van der Waals surface area contributed by atoms with E-state index in [2.05, 4.69) is 17.6 Å². The molecule has 0 bridgehead atoms. The molecule has 1 aromatic carbocycles. The zero-order valence-electron chi connectivity index (χ0n) is 12.4. The van der Waals surface area contributed by atoms with Crippen molar-refractivity contribution in [3.63, 3.8) is 0 Å². The maximum atomic E-state index is 12.2. The van der Waals surface area contributed by atoms with Crippen molar-refractivity contribution in [2.45, 2.75) is 37.6 Å². The number of carbonyl (C=O) groups is 1. The third kappa shape index (κ3) is 5.57. The molecule has 2 atom stereocenters. The lowest BCUT2D eigenvalue weighted by Gasteiger charge is -2.30. The third-order valence-electron chi connectivity index (χ3n) is 3.66. The molecule has 6 nitrogen and oxygen atoms in total. The van der Waals surface area contributed by atoms with Gasteiger partial charge in [-0.3, -0.25) is 4.79 Å². The predicted octanol–water partition coefficient (Wildman–Crippen LogP) is 0.767. The molecule has 1 aliphatic rings. The monoisotopic (exact) mass is 347 g/mol. The largest absolute Gasteiger partial charge is 0.348 e. The summed E-state index contributed by atoms with van der Waals surface area (Å²) in [6.07, 6.45) is 2.01. The summed E-state index contributed by atoms with van der Waals surface area (Å²) in [5.74, 6) is -0.365. The molecule has 1 heterocycles. The van der Waals surface area contributed by atoms with Gasteiger partial charge in [-0.2, -0.15) is 0 Å². The first kappa shape index (κ1) is 18.9. The van der Waals surface area contributed by atoms with E-state index in [0.717, 1.165) is 19.4 Å². The highest BCUT2D eigenvalue weighted by Gasteiger charge is 2.22. The molecule has 124 valence electrons. The van der Waals surface area contributed by atoms with Gasteiger partial charge in [0.15, 0.2) is 0 Å². The highest BCUT2D eigenvalue weighted by Crippen LogP contribution is 2.11. The van der Waals surface area contributed by atoms with Crippen molar-refractivity contribution in [3.05, 3.63) is 35.4 Å². The number of piperidine rings is 1. The van der Waals surface area contributed by atoms with Gasteiger partial charge in [0, 0.05) is 17.6 Å². The minimum Gasteiger partial charge on any atom is -0.348 e. The summed E-state index contributed by atoms with van der Waals surface area (Å²) in [6.45, 7) is 3.04.